The molecule has 0 spiro atoms. The first-order valence-electron chi connectivity index (χ1n) is 7.25. The van der Waals surface area contributed by atoms with Crippen molar-refractivity contribution in [3.8, 4) is 11.8 Å². The number of amides is 1. The quantitative estimate of drug-likeness (QED) is 0.647. The van der Waals surface area contributed by atoms with Crippen LogP contribution in [0.25, 0.3) is 0 Å². The Bertz CT molecular complexity index is 531. The molecule has 0 atom stereocenters. The Morgan fingerprint density at radius 2 is 2.14 bits per heavy atom. The van der Waals surface area contributed by atoms with Crippen LogP contribution in [0.2, 0.25) is 0 Å². The molecule has 0 fully saturated rings. The lowest BCUT2D eigenvalue weighted by Crippen LogP contribution is -2.28. The fourth-order valence-corrected chi connectivity index (χ4v) is 1.89. The van der Waals surface area contributed by atoms with Gasteiger partial charge in [-0.3, -0.25) is 4.79 Å². The normalized spacial score (nSPS) is 9.90. The van der Waals surface area contributed by atoms with Gasteiger partial charge in [0.15, 0.2) is 0 Å². The van der Waals surface area contributed by atoms with Gasteiger partial charge in [0, 0.05) is 25.6 Å². The van der Waals surface area contributed by atoms with Crippen molar-refractivity contribution in [2.24, 2.45) is 0 Å². The van der Waals surface area contributed by atoms with Crippen molar-refractivity contribution in [1.82, 2.24) is 4.90 Å². The SMILES string of the molecule is CCCCCN(C)C(=O)c1ccc(C#CCCO)cc1F. The monoisotopic (exact) mass is 291 g/mol. The second-order valence-electron chi connectivity index (χ2n) is 4.90. The topological polar surface area (TPSA) is 40.5 Å². The van der Waals surface area contributed by atoms with Crippen LogP contribution in [0.15, 0.2) is 18.2 Å². The van der Waals surface area contributed by atoms with E-state index in [0.29, 0.717) is 18.5 Å². The Kier molecular flexibility index (Phi) is 7.49. The molecule has 0 radical (unpaired) electrons. The van der Waals surface area contributed by atoms with E-state index in [2.05, 4.69) is 18.8 Å². The highest BCUT2D eigenvalue weighted by molar-refractivity contribution is 5.94. The van der Waals surface area contributed by atoms with Crippen LogP contribution in [0, 0.1) is 17.7 Å². The molecule has 0 bridgehead atoms. The average Bonchev–Trinajstić information content (AvgIpc) is 2.47. The lowest BCUT2D eigenvalue weighted by atomic mass is 10.1. The summed E-state index contributed by atoms with van der Waals surface area (Å²) >= 11 is 0. The number of carbonyl (C=O) groups is 1. The second kappa shape index (κ2) is 9.15. The first-order chi connectivity index (χ1) is 10.1. The largest absolute Gasteiger partial charge is 0.395 e. The number of unbranched alkanes of at least 4 members (excludes halogenated alkanes) is 2. The van der Waals surface area contributed by atoms with Gasteiger partial charge >= 0.3 is 0 Å². The maximum Gasteiger partial charge on any atom is 0.256 e. The lowest BCUT2D eigenvalue weighted by molar-refractivity contribution is 0.0788. The number of nitrogens with zero attached hydrogens (tertiary/aromatic N) is 1. The highest BCUT2D eigenvalue weighted by Crippen LogP contribution is 2.13. The van der Waals surface area contributed by atoms with E-state index >= 15 is 0 Å². The first kappa shape index (κ1) is 17.2. The van der Waals surface area contributed by atoms with Crippen molar-refractivity contribution >= 4 is 5.91 Å². The van der Waals surface area contributed by atoms with Gasteiger partial charge in [-0.15, -0.1) is 0 Å². The molecule has 0 aliphatic carbocycles. The van der Waals surface area contributed by atoms with Gasteiger partial charge < -0.3 is 10.0 Å². The predicted octanol–water partition coefficient (Wildman–Crippen LogP) is 2.82. The van der Waals surface area contributed by atoms with Crippen molar-refractivity contribution in [2.75, 3.05) is 20.2 Å². The Morgan fingerprint density at radius 3 is 2.76 bits per heavy atom. The third-order valence-corrected chi connectivity index (χ3v) is 3.11. The zero-order valence-electron chi connectivity index (χ0n) is 12.7. The van der Waals surface area contributed by atoms with Crippen LogP contribution in [-0.2, 0) is 0 Å². The van der Waals surface area contributed by atoms with Crippen LogP contribution in [0.1, 0.15) is 48.5 Å². The van der Waals surface area contributed by atoms with Crippen molar-refractivity contribution in [3.63, 3.8) is 0 Å². The molecule has 0 aliphatic rings. The maximum atomic E-state index is 14.0. The summed E-state index contributed by atoms with van der Waals surface area (Å²) in [5.74, 6) is 4.61. The molecule has 1 N–H and O–H groups in total. The maximum absolute atomic E-state index is 14.0. The van der Waals surface area contributed by atoms with Crippen molar-refractivity contribution in [1.29, 1.82) is 0 Å². The van der Waals surface area contributed by atoms with Gasteiger partial charge in [0.1, 0.15) is 5.82 Å². The summed E-state index contributed by atoms with van der Waals surface area (Å²) < 4.78 is 14.0. The number of halogens is 1. The van der Waals surface area contributed by atoms with Gasteiger partial charge in [0.05, 0.1) is 12.2 Å². The van der Waals surface area contributed by atoms with E-state index in [1.165, 1.54) is 12.1 Å². The van der Waals surface area contributed by atoms with Crippen molar-refractivity contribution in [3.05, 3.63) is 35.1 Å². The number of hydrogen-bond donors (Lipinski definition) is 1. The Morgan fingerprint density at radius 1 is 1.38 bits per heavy atom. The molecule has 0 aromatic heterocycles. The molecule has 3 nitrogen and oxygen atoms in total. The third kappa shape index (κ3) is 5.57. The average molecular weight is 291 g/mol. The summed E-state index contributed by atoms with van der Waals surface area (Å²) in [6, 6.07) is 4.36. The van der Waals surface area contributed by atoms with Crippen molar-refractivity contribution < 1.29 is 14.3 Å². The standard InChI is InChI=1S/C17H22FNO2/c1-3-4-6-11-19(2)17(21)15-10-9-14(13-16(15)18)8-5-7-12-20/h9-10,13,20H,3-4,6-7,11-12H2,1-2H3. The molecule has 1 aromatic carbocycles. The molecule has 1 aromatic rings. The molecule has 1 rings (SSSR count). The Labute approximate surface area is 125 Å². The summed E-state index contributed by atoms with van der Waals surface area (Å²) in [5, 5.41) is 8.64. The van der Waals surface area contributed by atoms with Crippen LogP contribution in [-0.4, -0.2) is 36.1 Å². The molecular formula is C17H22FNO2. The summed E-state index contributed by atoms with van der Waals surface area (Å²) in [6.07, 6.45) is 3.41. The molecule has 0 heterocycles. The van der Waals surface area contributed by atoms with Crippen LogP contribution < -0.4 is 0 Å². The zero-order valence-corrected chi connectivity index (χ0v) is 12.7. The minimum absolute atomic E-state index is 0.0192. The van der Waals surface area contributed by atoms with E-state index in [4.69, 9.17) is 5.11 Å². The van der Waals surface area contributed by atoms with Gasteiger partial charge in [0.2, 0.25) is 0 Å². The van der Waals surface area contributed by atoms with Crippen LogP contribution in [0.5, 0.6) is 0 Å². The van der Waals surface area contributed by atoms with Gasteiger partial charge in [-0.1, -0.05) is 31.6 Å². The molecule has 0 saturated carbocycles. The molecule has 114 valence electrons. The number of carbonyl (C=O) groups excluding carboxylic acids is 1. The van der Waals surface area contributed by atoms with E-state index in [0.717, 1.165) is 19.3 Å². The lowest BCUT2D eigenvalue weighted by Gasteiger charge is -2.17. The Balaban J connectivity index is 2.75. The fraction of sp³-hybridized carbons (Fsp3) is 0.471. The summed E-state index contributed by atoms with van der Waals surface area (Å²) in [4.78, 5) is 13.7. The predicted molar refractivity (Wildman–Crippen MR) is 81.5 cm³/mol. The highest BCUT2D eigenvalue weighted by atomic mass is 19.1. The minimum atomic E-state index is -0.557. The number of rotatable bonds is 6. The summed E-state index contributed by atoms with van der Waals surface area (Å²) in [7, 11) is 1.69. The molecule has 0 unspecified atom stereocenters. The molecule has 0 aliphatic heterocycles. The van der Waals surface area contributed by atoms with Gasteiger partial charge in [-0.2, -0.15) is 0 Å². The first-order valence-corrected chi connectivity index (χ1v) is 7.25. The molecule has 21 heavy (non-hydrogen) atoms. The van der Waals surface area contributed by atoms with E-state index in [9.17, 15) is 9.18 Å². The number of aliphatic hydroxyl groups excluding tert-OH is 1. The zero-order chi connectivity index (χ0) is 15.7. The smallest absolute Gasteiger partial charge is 0.256 e. The fourth-order valence-electron chi connectivity index (χ4n) is 1.89. The summed E-state index contributed by atoms with van der Waals surface area (Å²) in [5.41, 5.74) is 0.577. The van der Waals surface area contributed by atoms with E-state index in [-0.39, 0.29) is 18.1 Å². The second-order valence-corrected chi connectivity index (χ2v) is 4.90. The number of aliphatic hydroxyl groups is 1. The van der Waals surface area contributed by atoms with Gasteiger partial charge in [0.25, 0.3) is 5.91 Å². The van der Waals surface area contributed by atoms with E-state index < -0.39 is 5.82 Å². The van der Waals surface area contributed by atoms with E-state index in [1.54, 1.807) is 18.0 Å². The van der Waals surface area contributed by atoms with Gasteiger partial charge in [-0.05, 0) is 24.6 Å². The number of benzene rings is 1. The third-order valence-electron chi connectivity index (χ3n) is 3.11. The Hall–Kier alpha value is -1.86. The summed E-state index contributed by atoms with van der Waals surface area (Å²) in [6.45, 7) is 2.71. The molecule has 0 saturated heterocycles. The molecular weight excluding hydrogens is 269 g/mol. The van der Waals surface area contributed by atoms with Crippen molar-refractivity contribution in [2.45, 2.75) is 32.6 Å². The number of hydrogen-bond acceptors (Lipinski definition) is 2. The van der Waals surface area contributed by atoms with Crippen LogP contribution in [0.3, 0.4) is 0 Å². The molecule has 4 heteroatoms. The minimum Gasteiger partial charge on any atom is -0.395 e. The van der Waals surface area contributed by atoms with E-state index in [1.807, 2.05) is 0 Å². The highest BCUT2D eigenvalue weighted by Gasteiger charge is 2.15. The van der Waals surface area contributed by atoms with Crippen LogP contribution >= 0.6 is 0 Å². The van der Waals surface area contributed by atoms with Gasteiger partial charge in [-0.25, -0.2) is 4.39 Å². The van der Waals surface area contributed by atoms with Crippen LogP contribution in [0.4, 0.5) is 4.39 Å². The molecule has 1 amide bonds.